The van der Waals surface area contributed by atoms with Crippen LogP contribution in [0.5, 0.6) is 0 Å². The number of aliphatic hydroxyl groups is 5. The normalized spacial score (nSPS) is 56.1. The van der Waals surface area contributed by atoms with Crippen LogP contribution in [0.2, 0.25) is 0 Å². The van der Waals surface area contributed by atoms with Crippen molar-refractivity contribution in [3.05, 3.63) is 0 Å². The maximum atomic E-state index is 13.8. The number of aliphatic hydroxyl groups excluding tert-OH is 5. The maximum absolute atomic E-state index is 13.8. The highest BCUT2D eigenvalue weighted by atomic mass is 16.6. The Morgan fingerprint density at radius 2 is 1.56 bits per heavy atom. The lowest BCUT2D eigenvalue weighted by molar-refractivity contribution is -0.251. The summed E-state index contributed by atoms with van der Waals surface area (Å²) in [5.41, 5.74) is -0.748. The monoisotopic (exact) mass is 508 g/mol. The Kier molecular flexibility index (Phi) is 6.96. The van der Waals surface area contributed by atoms with Gasteiger partial charge in [-0.2, -0.15) is 0 Å². The Labute approximate surface area is 215 Å². The molecule has 0 radical (unpaired) electrons. The van der Waals surface area contributed by atoms with Gasteiger partial charge < -0.3 is 30.3 Å². The largest absolute Gasteiger partial charge is 0.390 e. The van der Waals surface area contributed by atoms with Crippen molar-refractivity contribution in [3.63, 3.8) is 0 Å². The summed E-state index contributed by atoms with van der Waals surface area (Å²) in [5.74, 6) is -0.0824. The lowest BCUT2D eigenvalue weighted by Crippen LogP contribution is -2.68. The topological polar surface area (TPSA) is 127 Å². The summed E-state index contributed by atoms with van der Waals surface area (Å²) in [4.78, 5) is 13.8. The van der Waals surface area contributed by atoms with E-state index in [1.165, 1.54) is 0 Å². The summed E-state index contributed by atoms with van der Waals surface area (Å²) in [7, 11) is 0. The Balaban J connectivity index is 1.44. The zero-order valence-electron chi connectivity index (χ0n) is 22.6. The number of Topliss-reactive ketones (excluding diaryl/α,β-unsaturated/α-hetero) is 1. The Morgan fingerprint density at radius 1 is 0.889 bits per heavy atom. The Hall–Kier alpha value is -0.570. The lowest BCUT2D eigenvalue weighted by Gasteiger charge is -2.64. The first-order valence-corrected chi connectivity index (χ1v) is 14.4. The van der Waals surface area contributed by atoms with E-state index in [9.17, 15) is 30.3 Å². The van der Waals surface area contributed by atoms with Crippen molar-refractivity contribution in [2.75, 3.05) is 0 Å². The van der Waals surface area contributed by atoms with Gasteiger partial charge in [0.05, 0.1) is 30.5 Å². The van der Waals surface area contributed by atoms with E-state index in [1.807, 2.05) is 0 Å². The molecule has 36 heavy (non-hydrogen) atoms. The third kappa shape index (κ3) is 3.86. The number of rotatable bonds is 3. The van der Waals surface area contributed by atoms with Crippen molar-refractivity contribution >= 4 is 5.78 Å². The molecular weight excluding hydrogens is 460 g/mol. The highest BCUT2D eigenvalue weighted by molar-refractivity contribution is 5.85. The van der Waals surface area contributed by atoms with Gasteiger partial charge in [-0.1, -0.05) is 34.6 Å². The average molecular weight is 509 g/mol. The van der Waals surface area contributed by atoms with Crippen molar-refractivity contribution < 1.29 is 35.1 Å². The van der Waals surface area contributed by atoms with Gasteiger partial charge in [-0.15, -0.1) is 0 Å². The Morgan fingerprint density at radius 3 is 2.22 bits per heavy atom. The molecule has 5 N–H and O–H groups in total. The molecule has 0 spiro atoms. The van der Waals surface area contributed by atoms with Gasteiger partial charge in [0.15, 0.2) is 6.29 Å². The van der Waals surface area contributed by atoms with Crippen LogP contribution in [0.4, 0.5) is 0 Å². The molecular formula is C29H48O7. The van der Waals surface area contributed by atoms with Crippen LogP contribution in [0.25, 0.3) is 0 Å². The molecule has 7 nitrogen and oxygen atoms in total. The number of ketones is 1. The number of ether oxygens (including phenoxy) is 1. The van der Waals surface area contributed by atoms with E-state index < -0.39 is 42.0 Å². The smallest absolute Gasteiger partial charge is 0.155 e. The number of carbonyl (C=O) groups is 1. The van der Waals surface area contributed by atoms with Gasteiger partial charge in [0, 0.05) is 30.6 Å². The standard InChI is InChI=1S/C29H48O7/c1-13(2)15-10-20(36-21(32)11-15)14(3)17-12-19(31)23-22-16(6-8-29(17,23)5)28(4)9-7-18(30)25(33)24(28)27(35)26(22)34/h13-18,20-27,30,32-35H,6-12H2,1-5H3/t14?,15-,16-,17+,18+,20-,21?,22+,23+,24+,25-,26+,27+,28+,29+/m0/s1. The van der Waals surface area contributed by atoms with E-state index in [-0.39, 0.29) is 46.9 Å². The number of hydrogen-bond donors (Lipinski definition) is 5. The van der Waals surface area contributed by atoms with Crippen LogP contribution in [-0.2, 0) is 9.53 Å². The molecule has 5 fully saturated rings. The van der Waals surface area contributed by atoms with Crippen LogP contribution in [0, 0.1) is 58.2 Å². The fourth-order valence-electron chi connectivity index (χ4n) is 10.1. The predicted octanol–water partition coefficient (Wildman–Crippen LogP) is 2.50. The molecule has 0 aromatic heterocycles. The fourth-order valence-corrected chi connectivity index (χ4v) is 10.1. The molecule has 0 bridgehead atoms. The molecule has 1 aliphatic heterocycles. The lowest BCUT2D eigenvalue weighted by atomic mass is 9.42. The predicted molar refractivity (Wildman–Crippen MR) is 133 cm³/mol. The minimum atomic E-state index is -1.17. The molecule has 0 aromatic carbocycles. The van der Waals surface area contributed by atoms with Crippen molar-refractivity contribution in [2.45, 2.75) is 116 Å². The van der Waals surface area contributed by atoms with Gasteiger partial charge in [0.25, 0.3) is 0 Å². The molecule has 206 valence electrons. The highest BCUT2D eigenvalue weighted by Crippen LogP contribution is 2.67. The second-order valence-electron chi connectivity index (χ2n) is 14.1. The molecule has 5 aliphatic rings. The average Bonchev–Trinajstić information content (AvgIpc) is 3.09. The van der Waals surface area contributed by atoms with E-state index in [1.54, 1.807) is 0 Å². The quantitative estimate of drug-likeness (QED) is 0.396. The molecule has 15 atom stereocenters. The van der Waals surface area contributed by atoms with E-state index in [2.05, 4.69) is 34.6 Å². The maximum Gasteiger partial charge on any atom is 0.155 e. The number of fused-ring (bicyclic) bond motifs is 5. The first kappa shape index (κ1) is 27.0. The summed E-state index contributed by atoms with van der Waals surface area (Å²) in [6.07, 6.45) is -0.315. The molecule has 4 saturated carbocycles. The molecule has 5 rings (SSSR count). The second kappa shape index (κ2) is 9.27. The third-order valence-corrected chi connectivity index (χ3v) is 12.2. The summed E-state index contributed by atoms with van der Waals surface area (Å²) < 4.78 is 6.06. The third-order valence-electron chi connectivity index (χ3n) is 12.2. The summed E-state index contributed by atoms with van der Waals surface area (Å²) in [6.45, 7) is 10.8. The first-order valence-electron chi connectivity index (χ1n) is 14.4. The van der Waals surface area contributed by atoms with Gasteiger partial charge in [0.2, 0.25) is 0 Å². The minimum absolute atomic E-state index is 0.0113. The van der Waals surface area contributed by atoms with Crippen LogP contribution in [-0.4, -0.2) is 68.1 Å². The van der Waals surface area contributed by atoms with E-state index in [0.29, 0.717) is 37.5 Å². The zero-order valence-corrected chi connectivity index (χ0v) is 22.6. The van der Waals surface area contributed by atoms with Crippen molar-refractivity contribution in [1.29, 1.82) is 0 Å². The van der Waals surface area contributed by atoms with Crippen molar-refractivity contribution in [3.8, 4) is 0 Å². The molecule has 4 aliphatic carbocycles. The van der Waals surface area contributed by atoms with E-state index >= 15 is 0 Å². The molecule has 1 heterocycles. The van der Waals surface area contributed by atoms with Crippen LogP contribution in [0.1, 0.15) is 79.6 Å². The van der Waals surface area contributed by atoms with Gasteiger partial charge >= 0.3 is 0 Å². The van der Waals surface area contributed by atoms with Gasteiger partial charge in [-0.25, -0.2) is 0 Å². The van der Waals surface area contributed by atoms with Crippen molar-refractivity contribution in [1.82, 2.24) is 0 Å². The summed E-state index contributed by atoms with van der Waals surface area (Å²) >= 11 is 0. The summed E-state index contributed by atoms with van der Waals surface area (Å²) in [6, 6.07) is 0. The molecule has 2 unspecified atom stereocenters. The van der Waals surface area contributed by atoms with Crippen LogP contribution < -0.4 is 0 Å². The summed E-state index contributed by atoms with van der Waals surface area (Å²) in [5, 5.41) is 54.3. The van der Waals surface area contributed by atoms with Crippen LogP contribution in [0.15, 0.2) is 0 Å². The highest BCUT2D eigenvalue weighted by Gasteiger charge is 2.69. The van der Waals surface area contributed by atoms with Crippen LogP contribution in [0.3, 0.4) is 0 Å². The number of carbonyl (C=O) groups excluding carboxylic acids is 1. The molecule has 0 aromatic rings. The van der Waals surface area contributed by atoms with Gasteiger partial charge in [-0.3, -0.25) is 4.79 Å². The van der Waals surface area contributed by atoms with Gasteiger partial charge in [0.1, 0.15) is 5.78 Å². The zero-order chi connectivity index (χ0) is 26.3. The molecule has 1 saturated heterocycles. The van der Waals surface area contributed by atoms with E-state index in [0.717, 1.165) is 19.3 Å². The fraction of sp³-hybridized carbons (Fsp3) is 0.966. The second-order valence-corrected chi connectivity index (χ2v) is 14.1. The Bertz CT molecular complexity index is 847. The number of hydrogen-bond acceptors (Lipinski definition) is 7. The SMILES string of the molecule is CC(C)[C@@H]1CC(O)O[C@H](C(C)[C@H]2CC(=O)[C@@H]3[C@@H]4[C@@H](O)[C@H](O)[C@H]5[C@@H](O)[C@H](O)CC[C@]5(C)[C@H]4CC[C@]23C)C1. The minimum Gasteiger partial charge on any atom is -0.390 e. The first-order chi connectivity index (χ1) is 16.8. The molecule has 7 heteroatoms. The van der Waals surface area contributed by atoms with Crippen molar-refractivity contribution in [2.24, 2.45) is 58.2 Å². The van der Waals surface area contributed by atoms with Gasteiger partial charge in [-0.05, 0) is 72.5 Å². The van der Waals surface area contributed by atoms with Crippen LogP contribution >= 0.6 is 0 Å². The van der Waals surface area contributed by atoms with E-state index in [4.69, 9.17) is 4.74 Å². The molecule has 0 amide bonds.